The quantitative estimate of drug-likeness (QED) is 0.202. The number of aliphatic hydroxyl groups excluding tert-OH is 1. The first-order chi connectivity index (χ1) is 6.31. The van der Waals surface area contributed by atoms with Gasteiger partial charge in [-0.05, 0) is 25.8 Å². The van der Waals surface area contributed by atoms with Crippen LogP contribution in [0.4, 0.5) is 0 Å². The van der Waals surface area contributed by atoms with Crippen molar-refractivity contribution in [1.82, 2.24) is 5.32 Å². The summed E-state index contributed by atoms with van der Waals surface area (Å²) >= 11 is 0. The Morgan fingerprint density at radius 1 is 1.50 bits per heavy atom. The van der Waals surface area contributed by atoms with Crippen molar-refractivity contribution in [3.05, 3.63) is 0 Å². The van der Waals surface area contributed by atoms with Crippen molar-refractivity contribution in [3.8, 4) is 0 Å². The summed E-state index contributed by atoms with van der Waals surface area (Å²) in [6.45, 7) is 0.606. The zero-order valence-corrected chi connectivity index (χ0v) is 10.5. The number of carbonyl (C=O) groups is 1. The van der Waals surface area contributed by atoms with Gasteiger partial charge in [-0.15, -0.1) is 0 Å². The Morgan fingerprint density at radius 3 is 2.50 bits per heavy atom. The number of nitrogens with one attached hydrogen (secondary N) is 1. The fourth-order valence-electron chi connectivity index (χ4n) is 0.713. The first kappa shape index (κ1) is 18.0. The normalized spacial score (nSPS) is 9.93. The number of aldehydes is 1. The van der Waals surface area contributed by atoms with Crippen LogP contribution in [0, 0.1) is 0 Å². The Hall–Kier alpha value is -1.94. The van der Waals surface area contributed by atoms with Crippen LogP contribution >= 0.6 is 0 Å². The Bertz CT molecular complexity index is 125. The molecule has 0 aliphatic heterocycles. The average molecular weight is 446 g/mol. The fourth-order valence-corrected chi connectivity index (χ4v) is 0.713. The second-order valence-corrected chi connectivity index (χ2v) is 2.32. The average Bonchev–Trinajstić information content (AvgIpc) is 2.20. The van der Waals surface area contributed by atoms with E-state index >= 15 is 0 Å². The third-order valence-corrected chi connectivity index (χ3v) is 1.34. The maximum atomic E-state index is 10.0. The van der Waals surface area contributed by atoms with E-state index in [1.165, 1.54) is 0 Å². The SMILES string of the molecule is CO.NC(C=O)CCCCN[C-]=O.[Fm]. The number of carbonyl (C=O) groups excluding carboxylic acids is 2. The van der Waals surface area contributed by atoms with Crippen LogP contribution in [-0.4, -0.2) is 37.5 Å². The molecular formula is C8H17FmN2O3-. The van der Waals surface area contributed by atoms with Crippen LogP contribution in [0.25, 0.3) is 0 Å². The topological polar surface area (TPSA) is 92.4 Å². The van der Waals surface area contributed by atoms with E-state index in [0.717, 1.165) is 26.2 Å². The molecule has 5 nitrogen and oxygen atoms in total. The molecular weight excluding hydrogens is 429 g/mol. The summed E-state index contributed by atoms with van der Waals surface area (Å²) in [4.78, 5) is 19.7. The van der Waals surface area contributed by atoms with Crippen LogP contribution in [0.2, 0.25) is 0 Å². The predicted molar refractivity (Wildman–Crippen MR) is 49.7 cm³/mol. The van der Waals surface area contributed by atoms with Crippen molar-refractivity contribution in [2.24, 2.45) is 5.73 Å². The molecule has 0 spiro atoms. The van der Waals surface area contributed by atoms with Gasteiger partial charge in [0.15, 0.2) is 0 Å². The van der Waals surface area contributed by atoms with Gasteiger partial charge >= 0.3 is 0 Å². The van der Waals surface area contributed by atoms with Crippen LogP contribution in [0.3, 0.4) is 0 Å². The van der Waals surface area contributed by atoms with E-state index in [1.807, 2.05) is 0 Å². The molecule has 0 rings (SSSR count). The van der Waals surface area contributed by atoms with Crippen LogP contribution in [-0.2, 0) is 9.59 Å². The van der Waals surface area contributed by atoms with Gasteiger partial charge in [-0.25, -0.2) is 0 Å². The zero-order valence-electron chi connectivity index (χ0n) is 8.11. The second-order valence-electron chi connectivity index (χ2n) is 2.32. The van der Waals surface area contributed by atoms with E-state index in [1.54, 1.807) is 6.41 Å². The van der Waals surface area contributed by atoms with Gasteiger partial charge in [-0.3, -0.25) is 0 Å². The standard InChI is InChI=1S/C7H13N2O2.CH4O.Fm/c8-7(5-10)3-1-2-4-9-6-11;1-2;/h5,7H,1-4,8H2,(H,9,11);2H,1H3;/q-1;;. The Balaban J connectivity index is -0.000000376. The molecule has 0 radical (unpaired) electrons. The van der Waals surface area contributed by atoms with E-state index in [4.69, 9.17) is 10.8 Å². The molecule has 0 aliphatic carbocycles. The van der Waals surface area contributed by atoms with Crippen molar-refractivity contribution in [3.63, 3.8) is 0 Å². The van der Waals surface area contributed by atoms with E-state index in [0.29, 0.717) is 13.0 Å². The molecule has 4 N–H and O–H groups in total. The number of hydrogen-bond acceptors (Lipinski definition) is 4. The molecule has 1 amide bonds. The van der Waals surface area contributed by atoms with Crippen molar-refractivity contribution >= 4 is 12.7 Å². The summed E-state index contributed by atoms with van der Waals surface area (Å²) in [6, 6.07) is -0.352. The summed E-state index contributed by atoms with van der Waals surface area (Å²) in [5.74, 6) is 0. The number of hydrogen-bond donors (Lipinski definition) is 3. The van der Waals surface area contributed by atoms with Gasteiger partial charge < -0.3 is 25.7 Å². The number of amides is 1. The molecule has 0 bridgehead atoms. The molecule has 6 heteroatoms. The summed E-state index contributed by atoms with van der Waals surface area (Å²) in [5.41, 5.74) is 5.32. The summed E-state index contributed by atoms with van der Waals surface area (Å²) < 4.78 is 0. The van der Waals surface area contributed by atoms with Crippen LogP contribution in [0.5, 0.6) is 0 Å². The molecule has 0 fully saturated rings. The number of unbranched alkanes of at least 4 members (excludes halogenated alkanes) is 1. The largest absolute Gasteiger partial charge is 0.530 e. The minimum absolute atomic E-state index is 0. The molecule has 14 heavy (non-hydrogen) atoms. The summed E-state index contributed by atoms with van der Waals surface area (Å²) in [6.07, 6.45) is 4.69. The predicted octanol–water partition coefficient (Wildman–Crippen LogP) is -1.05. The Labute approximate surface area is 78.3 Å². The van der Waals surface area contributed by atoms with Gasteiger partial charge in [0.1, 0.15) is 6.29 Å². The van der Waals surface area contributed by atoms with E-state index in [9.17, 15) is 9.59 Å². The molecule has 1 unspecified atom stereocenters. The number of rotatable bonds is 7. The van der Waals surface area contributed by atoms with Gasteiger partial charge in [0.05, 0.1) is 6.04 Å². The minimum atomic E-state index is -0.352. The molecule has 0 saturated heterocycles. The molecule has 0 aromatic rings. The monoisotopic (exact) mass is 446 g/mol. The van der Waals surface area contributed by atoms with E-state index < -0.39 is 0 Å². The summed E-state index contributed by atoms with van der Waals surface area (Å²) in [7, 11) is 1.00. The fraction of sp³-hybridized carbons (Fsp3) is 0.750. The molecule has 0 aromatic carbocycles. The molecule has 90 valence electrons. The number of nitrogens with two attached hydrogens (primary N) is 1. The van der Waals surface area contributed by atoms with Crippen LogP contribution in [0.1, 0.15) is 19.3 Å². The van der Waals surface area contributed by atoms with Gasteiger partial charge in [-0.2, -0.15) is 6.41 Å². The summed E-state index contributed by atoms with van der Waals surface area (Å²) in [5, 5.41) is 9.41. The smallest absolute Gasteiger partial charge is 0.136 e. The van der Waals surface area contributed by atoms with Crippen molar-refractivity contribution in [2.45, 2.75) is 25.3 Å². The molecule has 0 saturated carbocycles. The van der Waals surface area contributed by atoms with Crippen LogP contribution in [0.15, 0.2) is 0 Å². The van der Waals surface area contributed by atoms with E-state index in [2.05, 4.69) is 5.32 Å². The van der Waals surface area contributed by atoms with Crippen LogP contribution < -0.4 is 11.1 Å². The maximum absolute atomic E-state index is 10.0. The zero-order chi connectivity index (χ0) is 10.5. The molecule has 0 aliphatic rings. The molecule has 0 aromatic heterocycles. The minimum Gasteiger partial charge on any atom is -0.530 e. The van der Waals surface area contributed by atoms with Crippen molar-refractivity contribution < 1.29 is 14.7 Å². The molecule has 0 heterocycles. The van der Waals surface area contributed by atoms with Crippen molar-refractivity contribution in [2.75, 3.05) is 13.7 Å². The first-order valence-corrected chi connectivity index (χ1v) is 4.07. The van der Waals surface area contributed by atoms with Gasteiger partial charge in [-0.1, -0.05) is 0 Å². The molecule has 1 atom stereocenters. The van der Waals surface area contributed by atoms with Gasteiger partial charge in [0.2, 0.25) is 0 Å². The third kappa shape index (κ3) is 16.6. The second kappa shape index (κ2) is 17.2. The number of aliphatic hydroxyl groups is 1. The Morgan fingerprint density at radius 2 is 2.07 bits per heavy atom. The van der Waals surface area contributed by atoms with E-state index in [-0.39, 0.29) is 6.04 Å². The Kier molecular flexibility index (Phi) is 22.1. The first-order valence-electron chi connectivity index (χ1n) is 4.07. The third-order valence-electron chi connectivity index (χ3n) is 1.34. The van der Waals surface area contributed by atoms with Gasteiger partial charge in [0.25, 0.3) is 0 Å². The van der Waals surface area contributed by atoms with Gasteiger partial charge in [0, 0.05) is 7.11 Å². The maximum Gasteiger partial charge on any atom is 0.136 e. The van der Waals surface area contributed by atoms with Crippen molar-refractivity contribution in [1.29, 1.82) is 0 Å².